The predicted octanol–water partition coefficient (Wildman–Crippen LogP) is 4.14. The molecule has 0 saturated heterocycles. The van der Waals surface area contributed by atoms with Gasteiger partial charge in [0.2, 0.25) is 0 Å². The van der Waals surface area contributed by atoms with E-state index in [1.807, 2.05) is 36.2 Å². The van der Waals surface area contributed by atoms with E-state index in [2.05, 4.69) is 53.2 Å². The fraction of sp³-hybridized carbons (Fsp3) is 0.190. The molecule has 0 aliphatic carbocycles. The monoisotopic (exact) mass is 331 g/mol. The number of hydrogen-bond acceptors (Lipinski definition) is 2. The molecule has 0 bridgehead atoms. The average Bonchev–Trinajstić information content (AvgIpc) is 2.95. The molecule has 1 aliphatic heterocycles. The highest BCUT2D eigenvalue weighted by Crippen LogP contribution is 2.31. The summed E-state index contributed by atoms with van der Waals surface area (Å²) in [5.74, 6) is -0.0783. The van der Waals surface area contributed by atoms with Gasteiger partial charge in [0.1, 0.15) is 5.70 Å². The lowest BCUT2D eigenvalue weighted by atomic mass is 10.1. The maximum atomic E-state index is 12.6. The summed E-state index contributed by atoms with van der Waals surface area (Å²) >= 11 is 0. The lowest BCUT2D eigenvalue weighted by Gasteiger charge is -2.22. The van der Waals surface area contributed by atoms with Crippen LogP contribution in [0.4, 0.5) is 5.69 Å². The zero-order valence-corrected chi connectivity index (χ0v) is 14.5. The van der Waals surface area contributed by atoms with Crippen molar-refractivity contribution in [3.8, 4) is 0 Å². The van der Waals surface area contributed by atoms with Gasteiger partial charge < -0.3 is 14.8 Å². The van der Waals surface area contributed by atoms with Crippen LogP contribution in [0.15, 0.2) is 66.4 Å². The summed E-state index contributed by atoms with van der Waals surface area (Å²) in [6, 6.07) is 14.5. The number of aromatic nitrogens is 1. The number of nitrogens with zero attached hydrogens (tertiary/aromatic N) is 2. The number of carbonyl (C=O) groups is 1. The van der Waals surface area contributed by atoms with Crippen LogP contribution in [-0.2, 0) is 11.3 Å². The van der Waals surface area contributed by atoms with Gasteiger partial charge in [-0.2, -0.15) is 0 Å². The zero-order chi connectivity index (χ0) is 17.4. The van der Waals surface area contributed by atoms with Gasteiger partial charge in [0.25, 0.3) is 5.91 Å². The minimum atomic E-state index is -0.0783. The Balaban J connectivity index is 1.74. The molecule has 4 rings (SSSR count). The van der Waals surface area contributed by atoms with Crippen molar-refractivity contribution in [2.24, 2.45) is 0 Å². The number of benzene rings is 2. The lowest BCUT2D eigenvalue weighted by Crippen LogP contribution is -2.29. The molecule has 2 heterocycles. The van der Waals surface area contributed by atoms with Crippen molar-refractivity contribution in [2.45, 2.75) is 13.5 Å². The fourth-order valence-corrected chi connectivity index (χ4v) is 3.52. The highest BCUT2D eigenvalue weighted by Gasteiger charge is 2.16. The van der Waals surface area contributed by atoms with Gasteiger partial charge >= 0.3 is 0 Å². The SMILES string of the molecule is CCn1c2ccccc2c2cc(NC(=O)C3=CC=CCN3C)ccc21. The molecule has 0 fully saturated rings. The molecule has 0 unspecified atom stereocenters. The predicted molar refractivity (Wildman–Crippen MR) is 104 cm³/mol. The number of aryl methyl sites for hydroxylation is 1. The topological polar surface area (TPSA) is 37.3 Å². The molecule has 2 aromatic carbocycles. The Morgan fingerprint density at radius 2 is 1.92 bits per heavy atom. The van der Waals surface area contributed by atoms with Crippen molar-refractivity contribution in [2.75, 3.05) is 18.9 Å². The van der Waals surface area contributed by atoms with Crippen LogP contribution >= 0.6 is 0 Å². The summed E-state index contributed by atoms with van der Waals surface area (Å²) in [5, 5.41) is 5.42. The molecule has 4 heteroatoms. The van der Waals surface area contributed by atoms with E-state index in [4.69, 9.17) is 0 Å². The molecule has 1 amide bonds. The number of anilines is 1. The van der Waals surface area contributed by atoms with Gasteiger partial charge in [-0.05, 0) is 37.3 Å². The van der Waals surface area contributed by atoms with Gasteiger partial charge in [-0.1, -0.05) is 30.4 Å². The summed E-state index contributed by atoms with van der Waals surface area (Å²) in [5.41, 5.74) is 3.92. The van der Waals surface area contributed by atoms with Crippen molar-refractivity contribution in [3.63, 3.8) is 0 Å². The number of rotatable bonds is 3. The maximum Gasteiger partial charge on any atom is 0.271 e. The Labute approximate surface area is 147 Å². The number of carbonyl (C=O) groups excluding carboxylic acids is 1. The lowest BCUT2D eigenvalue weighted by molar-refractivity contribution is -0.114. The van der Waals surface area contributed by atoms with E-state index in [-0.39, 0.29) is 5.91 Å². The largest absolute Gasteiger partial charge is 0.366 e. The first-order chi connectivity index (χ1) is 12.2. The summed E-state index contributed by atoms with van der Waals surface area (Å²) < 4.78 is 2.30. The Hall–Kier alpha value is -3.01. The number of para-hydroxylation sites is 1. The summed E-state index contributed by atoms with van der Waals surface area (Å²) in [7, 11) is 1.92. The maximum absolute atomic E-state index is 12.6. The third-order valence-corrected chi connectivity index (χ3v) is 4.76. The van der Waals surface area contributed by atoms with E-state index in [0.29, 0.717) is 5.70 Å². The van der Waals surface area contributed by atoms with Crippen LogP contribution in [0.2, 0.25) is 0 Å². The molecule has 0 atom stereocenters. The van der Waals surface area contributed by atoms with Gasteiger partial charge in [0.05, 0.1) is 0 Å². The van der Waals surface area contributed by atoms with Gasteiger partial charge in [-0.3, -0.25) is 4.79 Å². The molecule has 3 aromatic rings. The number of likely N-dealkylation sites (N-methyl/N-ethyl adjacent to an activating group) is 1. The molecule has 4 nitrogen and oxygen atoms in total. The molecule has 1 aliphatic rings. The van der Waals surface area contributed by atoms with E-state index in [0.717, 1.165) is 18.8 Å². The molecule has 25 heavy (non-hydrogen) atoms. The van der Waals surface area contributed by atoms with Crippen molar-refractivity contribution >= 4 is 33.4 Å². The third-order valence-electron chi connectivity index (χ3n) is 4.76. The van der Waals surface area contributed by atoms with Crippen LogP contribution in [0.1, 0.15) is 6.92 Å². The van der Waals surface area contributed by atoms with E-state index >= 15 is 0 Å². The van der Waals surface area contributed by atoms with E-state index in [1.54, 1.807) is 0 Å². The molecule has 126 valence electrons. The normalized spacial score (nSPS) is 14.2. The average molecular weight is 331 g/mol. The molecule has 1 N–H and O–H groups in total. The second kappa shape index (κ2) is 6.13. The van der Waals surface area contributed by atoms with Gasteiger partial charge in [-0.25, -0.2) is 0 Å². The molecule has 0 saturated carbocycles. The van der Waals surface area contributed by atoms with Crippen LogP contribution < -0.4 is 5.32 Å². The van der Waals surface area contributed by atoms with Crippen LogP contribution in [0, 0.1) is 0 Å². The van der Waals surface area contributed by atoms with Crippen molar-refractivity contribution in [3.05, 3.63) is 66.4 Å². The minimum Gasteiger partial charge on any atom is -0.366 e. The van der Waals surface area contributed by atoms with Crippen LogP contribution in [0.3, 0.4) is 0 Å². The molecular formula is C21H21N3O. The number of fused-ring (bicyclic) bond motifs is 3. The first-order valence-electron chi connectivity index (χ1n) is 8.59. The Bertz CT molecular complexity index is 1030. The summed E-state index contributed by atoms with van der Waals surface area (Å²) in [6.07, 6.45) is 5.80. The highest BCUT2D eigenvalue weighted by atomic mass is 16.2. The number of allylic oxidation sites excluding steroid dienone is 2. The quantitative estimate of drug-likeness (QED) is 0.783. The zero-order valence-electron chi connectivity index (χ0n) is 14.5. The smallest absolute Gasteiger partial charge is 0.271 e. The second-order valence-corrected chi connectivity index (χ2v) is 6.31. The molecule has 1 aromatic heterocycles. The van der Waals surface area contributed by atoms with Crippen molar-refractivity contribution in [1.29, 1.82) is 0 Å². The van der Waals surface area contributed by atoms with Crippen molar-refractivity contribution < 1.29 is 4.79 Å². The van der Waals surface area contributed by atoms with Gasteiger partial charge in [0, 0.05) is 47.6 Å². The first kappa shape index (κ1) is 15.5. The highest BCUT2D eigenvalue weighted by molar-refractivity contribution is 6.11. The summed E-state index contributed by atoms with van der Waals surface area (Å²) in [4.78, 5) is 14.5. The van der Waals surface area contributed by atoms with Crippen LogP contribution in [0.5, 0.6) is 0 Å². The summed E-state index contributed by atoms with van der Waals surface area (Å²) in [6.45, 7) is 3.82. The Morgan fingerprint density at radius 1 is 1.12 bits per heavy atom. The van der Waals surface area contributed by atoms with Crippen LogP contribution in [0.25, 0.3) is 21.8 Å². The molecule has 0 spiro atoms. The van der Waals surface area contributed by atoms with E-state index in [9.17, 15) is 4.79 Å². The van der Waals surface area contributed by atoms with E-state index < -0.39 is 0 Å². The van der Waals surface area contributed by atoms with Crippen LogP contribution in [-0.4, -0.2) is 29.0 Å². The number of nitrogens with one attached hydrogen (secondary N) is 1. The second-order valence-electron chi connectivity index (χ2n) is 6.31. The third kappa shape index (κ3) is 2.60. The fourth-order valence-electron chi connectivity index (χ4n) is 3.52. The first-order valence-corrected chi connectivity index (χ1v) is 8.59. The Morgan fingerprint density at radius 3 is 2.72 bits per heavy atom. The van der Waals surface area contributed by atoms with E-state index in [1.165, 1.54) is 21.8 Å². The standard InChI is InChI=1S/C21H21N3O/c1-3-24-18-9-5-4-8-16(18)17-14-15(11-12-19(17)24)22-21(25)20-10-6-7-13-23(20)2/h4-12,14H,3,13H2,1-2H3,(H,22,25). The molecular weight excluding hydrogens is 310 g/mol. The van der Waals surface area contributed by atoms with Gasteiger partial charge in [0.15, 0.2) is 0 Å². The number of hydrogen-bond donors (Lipinski definition) is 1. The molecule has 0 radical (unpaired) electrons. The minimum absolute atomic E-state index is 0.0783. The van der Waals surface area contributed by atoms with Gasteiger partial charge in [-0.15, -0.1) is 0 Å². The van der Waals surface area contributed by atoms with Crippen molar-refractivity contribution in [1.82, 2.24) is 9.47 Å². The number of amides is 1. The Kier molecular flexibility index (Phi) is 3.80.